The molecule has 0 radical (unpaired) electrons. The Morgan fingerprint density at radius 1 is 1.59 bits per heavy atom. The maximum Gasteiger partial charge on any atom is 0.322 e. The minimum absolute atomic E-state index is 0.135. The third-order valence-corrected chi connectivity index (χ3v) is 2.97. The van der Waals surface area contributed by atoms with Gasteiger partial charge in [-0.2, -0.15) is 11.3 Å². The van der Waals surface area contributed by atoms with E-state index in [-0.39, 0.29) is 25.2 Å². The molecule has 0 fully saturated rings. The number of nitrogens with one attached hydrogen (secondary N) is 1. The highest BCUT2D eigenvalue weighted by molar-refractivity contribution is 7.08. The minimum Gasteiger partial charge on any atom is -0.394 e. The standard InChI is InChI=1S/C11H18N2O3S/c1-8(6-14)13(5-9(2)15)11(16)12-10-3-4-17-7-10/h3-4,7-9,14-15H,5-6H2,1-2H3,(H,12,16). The summed E-state index contributed by atoms with van der Waals surface area (Å²) in [6.07, 6.45) is -0.628. The van der Waals surface area contributed by atoms with Gasteiger partial charge in [0.15, 0.2) is 0 Å². The van der Waals surface area contributed by atoms with E-state index in [1.165, 1.54) is 16.2 Å². The van der Waals surface area contributed by atoms with Gasteiger partial charge < -0.3 is 20.4 Å². The molecule has 5 nitrogen and oxygen atoms in total. The summed E-state index contributed by atoms with van der Waals surface area (Å²) in [7, 11) is 0. The van der Waals surface area contributed by atoms with Gasteiger partial charge in [-0.15, -0.1) is 0 Å². The van der Waals surface area contributed by atoms with Crippen molar-refractivity contribution in [3.63, 3.8) is 0 Å². The Bertz CT molecular complexity index is 340. The lowest BCUT2D eigenvalue weighted by molar-refractivity contribution is 0.0995. The van der Waals surface area contributed by atoms with Gasteiger partial charge in [0.1, 0.15) is 0 Å². The predicted molar refractivity (Wildman–Crippen MR) is 68.3 cm³/mol. The lowest BCUT2D eigenvalue weighted by Crippen LogP contribution is -2.46. The van der Waals surface area contributed by atoms with Crippen molar-refractivity contribution in [2.24, 2.45) is 0 Å². The highest BCUT2D eigenvalue weighted by Crippen LogP contribution is 2.13. The molecule has 0 spiro atoms. The van der Waals surface area contributed by atoms with E-state index in [1.807, 2.05) is 10.8 Å². The van der Waals surface area contributed by atoms with Crippen molar-refractivity contribution in [1.82, 2.24) is 4.90 Å². The second-order valence-electron chi connectivity index (χ2n) is 3.98. The fourth-order valence-corrected chi connectivity index (χ4v) is 1.96. The van der Waals surface area contributed by atoms with E-state index in [9.17, 15) is 9.90 Å². The van der Waals surface area contributed by atoms with Crippen LogP contribution in [0.3, 0.4) is 0 Å². The molecular formula is C11H18N2O3S. The molecule has 0 aliphatic carbocycles. The second-order valence-corrected chi connectivity index (χ2v) is 4.76. The number of hydrogen-bond donors (Lipinski definition) is 3. The average Bonchev–Trinajstić information content (AvgIpc) is 2.77. The van der Waals surface area contributed by atoms with Gasteiger partial charge in [0, 0.05) is 11.9 Å². The summed E-state index contributed by atoms with van der Waals surface area (Å²) in [4.78, 5) is 13.4. The number of aliphatic hydroxyl groups excluding tert-OH is 2. The summed E-state index contributed by atoms with van der Waals surface area (Å²) < 4.78 is 0. The van der Waals surface area contributed by atoms with Gasteiger partial charge >= 0.3 is 6.03 Å². The van der Waals surface area contributed by atoms with Gasteiger partial charge in [-0.3, -0.25) is 0 Å². The highest BCUT2D eigenvalue weighted by Gasteiger charge is 2.21. The van der Waals surface area contributed by atoms with Gasteiger partial charge in [-0.1, -0.05) is 0 Å². The van der Waals surface area contributed by atoms with Crippen LogP contribution in [0.25, 0.3) is 0 Å². The number of hydrogen-bond acceptors (Lipinski definition) is 4. The summed E-state index contributed by atoms with van der Waals surface area (Å²) in [5.74, 6) is 0. The number of amides is 2. The molecule has 3 N–H and O–H groups in total. The van der Waals surface area contributed by atoms with Crippen LogP contribution in [0.5, 0.6) is 0 Å². The number of rotatable bonds is 5. The van der Waals surface area contributed by atoms with Crippen LogP contribution in [0.2, 0.25) is 0 Å². The fraction of sp³-hybridized carbons (Fsp3) is 0.545. The summed E-state index contributed by atoms with van der Waals surface area (Å²) >= 11 is 1.49. The molecule has 6 heteroatoms. The molecule has 0 bridgehead atoms. The van der Waals surface area contributed by atoms with Crippen molar-refractivity contribution < 1.29 is 15.0 Å². The molecule has 0 saturated heterocycles. The second kappa shape index (κ2) is 6.58. The Morgan fingerprint density at radius 3 is 2.76 bits per heavy atom. The van der Waals surface area contributed by atoms with Gasteiger partial charge in [-0.25, -0.2) is 4.79 Å². The number of carbonyl (C=O) groups excluding carboxylic acids is 1. The number of urea groups is 1. The van der Waals surface area contributed by atoms with Crippen LogP contribution in [0.1, 0.15) is 13.8 Å². The lowest BCUT2D eigenvalue weighted by atomic mass is 10.2. The third kappa shape index (κ3) is 4.33. The Labute approximate surface area is 105 Å². The number of carbonyl (C=O) groups is 1. The van der Waals surface area contributed by atoms with Crippen molar-refractivity contribution in [1.29, 1.82) is 0 Å². The quantitative estimate of drug-likeness (QED) is 0.746. The number of nitrogens with zero attached hydrogens (tertiary/aromatic N) is 1. The third-order valence-electron chi connectivity index (χ3n) is 2.29. The summed E-state index contributed by atoms with van der Waals surface area (Å²) in [6, 6.07) is 1.15. The molecule has 0 saturated carbocycles. The van der Waals surface area contributed by atoms with Gasteiger partial charge in [0.2, 0.25) is 0 Å². The molecule has 2 atom stereocenters. The monoisotopic (exact) mass is 258 g/mol. The molecular weight excluding hydrogens is 240 g/mol. The van der Waals surface area contributed by atoms with E-state index in [4.69, 9.17) is 5.11 Å². The van der Waals surface area contributed by atoms with Crippen molar-refractivity contribution >= 4 is 23.1 Å². The van der Waals surface area contributed by atoms with Crippen LogP contribution in [0.4, 0.5) is 10.5 Å². The Kier molecular flexibility index (Phi) is 5.40. The SMILES string of the molecule is CC(O)CN(C(=O)Nc1ccsc1)C(C)CO. The van der Waals surface area contributed by atoms with Crippen molar-refractivity contribution in [2.75, 3.05) is 18.5 Å². The molecule has 17 heavy (non-hydrogen) atoms. The molecule has 1 rings (SSSR count). The lowest BCUT2D eigenvalue weighted by Gasteiger charge is -2.29. The van der Waals surface area contributed by atoms with E-state index < -0.39 is 6.10 Å². The average molecular weight is 258 g/mol. The van der Waals surface area contributed by atoms with Crippen molar-refractivity contribution in [2.45, 2.75) is 26.0 Å². The van der Waals surface area contributed by atoms with Crippen molar-refractivity contribution in [3.05, 3.63) is 16.8 Å². The first-order chi connectivity index (χ1) is 8.04. The Balaban J connectivity index is 2.65. The molecule has 96 valence electrons. The molecule has 1 heterocycles. The maximum atomic E-state index is 11.9. The molecule has 2 amide bonds. The normalized spacial score (nSPS) is 14.1. The van der Waals surface area contributed by atoms with E-state index in [0.717, 1.165) is 5.69 Å². The topological polar surface area (TPSA) is 72.8 Å². The number of aliphatic hydroxyl groups is 2. The zero-order chi connectivity index (χ0) is 12.8. The van der Waals surface area contributed by atoms with Crippen LogP contribution in [0, 0.1) is 0 Å². The molecule has 1 aromatic rings. The summed E-state index contributed by atoms with van der Waals surface area (Å²) in [5, 5.41) is 24.8. The van der Waals surface area contributed by atoms with Crippen LogP contribution in [-0.4, -0.2) is 46.4 Å². The zero-order valence-electron chi connectivity index (χ0n) is 9.96. The van der Waals surface area contributed by atoms with Crippen LogP contribution < -0.4 is 5.32 Å². The number of anilines is 1. The summed E-state index contributed by atoms with van der Waals surface area (Å²) in [6.45, 7) is 3.39. The molecule has 0 aromatic carbocycles. The van der Waals surface area contributed by atoms with Crippen molar-refractivity contribution in [3.8, 4) is 0 Å². The van der Waals surface area contributed by atoms with Gasteiger partial charge in [-0.05, 0) is 25.3 Å². The first kappa shape index (κ1) is 14.0. The molecule has 0 aliphatic heterocycles. The van der Waals surface area contributed by atoms with E-state index >= 15 is 0 Å². The van der Waals surface area contributed by atoms with Crippen LogP contribution in [0.15, 0.2) is 16.8 Å². The number of thiophene rings is 1. The largest absolute Gasteiger partial charge is 0.394 e. The van der Waals surface area contributed by atoms with Gasteiger partial charge in [0.05, 0.1) is 24.4 Å². The minimum atomic E-state index is -0.628. The zero-order valence-corrected chi connectivity index (χ0v) is 10.8. The Hall–Kier alpha value is -1.11. The highest BCUT2D eigenvalue weighted by atomic mass is 32.1. The van der Waals surface area contributed by atoms with Crippen LogP contribution >= 0.6 is 11.3 Å². The Morgan fingerprint density at radius 2 is 2.29 bits per heavy atom. The first-order valence-electron chi connectivity index (χ1n) is 5.43. The molecule has 1 aromatic heterocycles. The van der Waals surface area contributed by atoms with E-state index in [0.29, 0.717) is 0 Å². The summed E-state index contributed by atoms with van der Waals surface area (Å²) in [5.41, 5.74) is 0.723. The predicted octanol–water partition coefficient (Wildman–Crippen LogP) is 1.34. The van der Waals surface area contributed by atoms with E-state index in [1.54, 1.807) is 19.9 Å². The first-order valence-corrected chi connectivity index (χ1v) is 6.37. The van der Waals surface area contributed by atoms with Gasteiger partial charge in [0.25, 0.3) is 0 Å². The maximum absolute atomic E-state index is 11.9. The molecule has 0 aliphatic rings. The van der Waals surface area contributed by atoms with E-state index in [2.05, 4.69) is 5.32 Å². The fourth-order valence-electron chi connectivity index (χ4n) is 1.38. The van der Waals surface area contributed by atoms with Crippen LogP contribution in [-0.2, 0) is 0 Å². The molecule has 2 unspecified atom stereocenters. The smallest absolute Gasteiger partial charge is 0.322 e.